The van der Waals surface area contributed by atoms with Crippen LogP contribution in [0.2, 0.25) is 5.02 Å². The van der Waals surface area contributed by atoms with Gasteiger partial charge < -0.3 is 24.7 Å². The molecule has 43 heavy (non-hydrogen) atoms. The number of hydrogen-bond acceptors (Lipinski definition) is 7. The lowest BCUT2D eigenvalue weighted by Gasteiger charge is -2.27. The number of carbonyl (C=O) groups excluding carboxylic acids is 1. The highest BCUT2D eigenvalue weighted by Gasteiger charge is 2.32. The van der Waals surface area contributed by atoms with Gasteiger partial charge in [-0.05, 0) is 64.6 Å². The minimum absolute atomic E-state index is 0.0247. The molecule has 1 aliphatic rings. The summed E-state index contributed by atoms with van der Waals surface area (Å²) < 4.78 is 23.1. The van der Waals surface area contributed by atoms with Crippen molar-refractivity contribution in [3.05, 3.63) is 129 Å². The molecule has 1 heterocycles. The van der Waals surface area contributed by atoms with Gasteiger partial charge in [0, 0.05) is 16.7 Å². The van der Waals surface area contributed by atoms with Crippen molar-refractivity contribution in [1.29, 1.82) is 5.26 Å². The zero-order chi connectivity index (χ0) is 30.7. The molecule has 0 bridgehead atoms. The molecule has 2 N–H and O–H groups in total. The van der Waals surface area contributed by atoms with Crippen molar-refractivity contribution in [3.8, 4) is 29.1 Å². The van der Waals surface area contributed by atoms with E-state index in [4.69, 9.17) is 36.3 Å². The van der Waals surface area contributed by atoms with E-state index in [1.807, 2.05) is 36.4 Å². The lowest BCUT2D eigenvalue weighted by atomic mass is 9.83. The van der Waals surface area contributed by atoms with E-state index >= 15 is 0 Å². The molecule has 5 rings (SSSR count). The Labute approximate surface area is 256 Å². The predicted octanol–water partition coefficient (Wildman–Crippen LogP) is 7.66. The molecule has 0 saturated heterocycles. The summed E-state index contributed by atoms with van der Waals surface area (Å²) in [6.07, 6.45) is 0. The Bertz CT molecular complexity index is 1730. The largest absolute Gasteiger partial charge is 0.493 e. The lowest BCUT2D eigenvalue weighted by molar-refractivity contribution is 0.0734. The summed E-state index contributed by atoms with van der Waals surface area (Å²) in [5, 5.41) is 10.6. The molecular formula is C35H31ClN2O5. The van der Waals surface area contributed by atoms with Crippen LogP contribution in [0.5, 0.6) is 23.0 Å². The summed E-state index contributed by atoms with van der Waals surface area (Å²) in [5.41, 5.74) is 10.4. The van der Waals surface area contributed by atoms with Gasteiger partial charge in [0.05, 0.1) is 18.6 Å². The van der Waals surface area contributed by atoms with E-state index < -0.39 is 11.9 Å². The zero-order valence-corrected chi connectivity index (χ0v) is 25.1. The SMILES string of the molecule is COc1cc(C2C(C#N)=C(N)Oc3cc(OC(=O)c4ccc(C(C)(C)C)cc4)ccc32)ccc1OCc1ccc(Cl)cc1. The fraction of sp³-hybridized carbons (Fsp3) is 0.200. The third-order valence-electron chi connectivity index (χ3n) is 7.22. The van der Waals surface area contributed by atoms with E-state index in [-0.39, 0.29) is 16.9 Å². The highest BCUT2D eigenvalue weighted by atomic mass is 35.5. The Morgan fingerprint density at radius 3 is 2.35 bits per heavy atom. The standard InChI is InChI=1S/C35H31ClN2O5/c1-35(2,3)24-10-7-22(8-11-24)34(39)42-26-14-15-27-30(18-26)43-33(38)28(19-37)32(27)23-9-16-29(31(17-23)40-4)41-20-21-5-12-25(36)13-6-21/h5-18,32H,20,38H2,1-4H3. The second-order valence-electron chi connectivity index (χ2n) is 11.2. The molecule has 4 aromatic rings. The number of nitriles is 1. The number of methoxy groups -OCH3 is 1. The number of nitrogens with two attached hydrogens (primary N) is 1. The number of benzene rings is 4. The number of rotatable bonds is 7. The first-order valence-corrected chi connectivity index (χ1v) is 14.0. The van der Waals surface area contributed by atoms with Crippen LogP contribution in [0.4, 0.5) is 0 Å². The molecule has 4 aromatic carbocycles. The van der Waals surface area contributed by atoms with Crippen LogP contribution < -0.4 is 24.7 Å². The fourth-order valence-corrected chi connectivity index (χ4v) is 4.97. The van der Waals surface area contributed by atoms with Crippen LogP contribution in [0.15, 0.2) is 96.4 Å². The number of nitrogens with zero attached hydrogens (tertiary/aromatic N) is 1. The van der Waals surface area contributed by atoms with Crippen LogP contribution in [0.1, 0.15) is 59.3 Å². The first kappa shape index (κ1) is 29.6. The highest BCUT2D eigenvalue weighted by Crippen LogP contribution is 2.45. The number of hydrogen-bond donors (Lipinski definition) is 1. The third kappa shape index (κ3) is 6.45. The van der Waals surface area contributed by atoms with Crippen LogP contribution in [0.3, 0.4) is 0 Å². The van der Waals surface area contributed by atoms with Crippen molar-refractivity contribution in [2.75, 3.05) is 7.11 Å². The molecule has 0 fully saturated rings. The van der Waals surface area contributed by atoms with Gasteiger partial charge in [0.2, 0.25) is 5.88 Å². The summed E-state index contributed by atoms with van der Waals surface area (Å²) in [7, 11) is 1.55. The van der Waals surface area contributed by atoms with Crippen molar-refractivity contribution < 1.29 is 23.7 Å². The molecule has 0 aromatic heterocycles. The van der Waals surface area contributed by atoms with Gasteiger partial charge in [-0.3, -0.25) is 0 Å². The third-order valence-corrected chi connectivity index (χ3v) is 7.47. The lowest BCUT2D eigenvalue weighted by Crippen LogP contribution is -2.21. The number of esters is 1. The van der Waals surface area contributed by atoms with E-state index in [1.165, 1.54) is 0 Å². The summed E-state index contributed by atoms with van der Waals surface area (Å²) >= 11 is 5.98. The van der Waals surface area contributed by atoms with Crippen molar-refractivity contribution in [1.82, 2.24) is 0 Å². The minimum Gasteiger partial charge on any atom is -0.493 e. The maximum atomic E-state index is 12.9. The van der Waals surface area contributed by atoms with E-state index in [0.717, 1.165) is 16.7 Å². The molecule has 8 heteroatoms. The maximum absolute atomic E-state index is 12.9. The van der Waals surface area contributed by atoms with E-state index in [2.05, 4.69) is 26.8 Å². The monoisotopic (exact) mass is 594 g/mol. The average molecular weight is 595 g/mol. The Balaban J connectivity index is 1.40. The Morgan fingerprint density at radius 1 is 0.977 bits per heavy atom. The first-order chi connectivity index (χ1) is 20.6. The first-order valence-electron chi connectivity index (χ1n) is 13.7. The number of carbonyl (C=O) groups is 1. The summed E-state index contributed by atoms with van der Waals surface area (Å²) in [6.45, 7) is 6.66. The van der Waals surface area contributed by atoms with Gasteiger partial charge in [0.25, 0.3) is 0 Å². The van der Waals surface area contributed by atoms with Crippen LogP contribution in [0, 0.1) is 11.3 Å². The quantitative estimate of drug-likeness (QED) is 0.173. The number of ether oxygens (including phenoxy) is 4. The molecule has 218 valence electrons. The number of halogens is 1. The Morgan fingerprint density at radius 2 is 1.70 bits per heavy atom. The van der Waals surface area contributed by atoms with Crippen LogP contribution >= 0.6 is 11.6 Å². The predicted molar refractivity (Wildman–Crippen MR) is 165 cm³/mol. The van der Waals surface area contributed by atoms with Crippen LogP contribution in [-0.4, -0.2) is 13.1 Å². The van der Waals surface area contributed by atoms with Gasteiger partial charge in [0.1, 0.15) is 29.7 Å². The minimum atomic E-state index is -0.539. The molecule has 0 aliphatic carbocycles. The summed E-state index contributed by atoms with van der Waals surface area (Å²) in [4.78, 5) is 12.9. The highest BCUT2D eigenvalue weighted by molar-refractivity contribution is 6.30. The zero-order valence-electron chi connectivity index (χ0n) is 24.3. The molecule has 1 atom stereocenters. The smallest absolute Gasteiger partial charge is 0.343 e. The molecule has 7 nitrogen and oxygen atoms in total. The molecule has 0 spiro atoms. The van der Waals surface area contributed by atoms with Crippen molar-refractivity contribution in [3.63, 3.8) is 0 Å². The van der Waals surface area contributed by atoms with Gasteiger partial charge in [-0.15, -0.1) is 0 Å². The van der Waals surface area contributed by atoms with E-state index in [9.17, 15) is 10.1 Å². The molecule has 0 amide bonds. The molecular weight excluding hydrogens is 564 g/mol. The normalized spacial score (nSPS) is 14.3. The van der Waals surface area contributed by atoms with Gasteiger partial charge in [-0.1, -0.05) is 68.8 Å². The average Bonchev–Trinajstić information content (AvgIpc) is 2.99. The summed E-state index contributed by atoms with van der Waals surface area (Å²) in [5.74, 6) is 0.662. The second kappa shape index (κ2) is 12.1. The van der Waals surface area contributed by atoms with E-state index in [0.29, 0.717) is 45.8 Å². The van der Waals surface area contributed by atoms with Crippen LogP contribution in [0.25, 0.3) is 0 Å². The number of allylic oxidation sites excluding steroid dienone is 1. The van der Waals surface area contributed by atoms with Crippen molar-refractivity contribution in [2.24, 2.45) is 5.73 Å². The van der Waals surface area contributed by atoms with Gasteiger partial charge in [-0.2, -0.15) is 5.26 Å². The van der Waals surface area contributed by atoms with Crippen molar-refractivity contribution >= 4 is 17.6 Å². The van der Waals surface area contributed by atoms with Crippen molar-refractivity contribution in [2.45, 2.75) is 38.7 Å². The van der Waals surface area contributed by atoms with E-state index in [1.54, 1.807) is 55.6 Å². The molecule has 1 unspecified atom stereocenters. The van der Waals surface area contributed by atoms with Crippen LogP contribution in [-0.2, 0) is 12.0 Å². The van der Waals surface area contributed by atoms with Gasteiger partial charge in [0.15, 0.2) is 11.5 Å². The maximum Gasteiger partial charge on any atom is 0.343 e. The molecule has 1 aliphatic heterocycles. The Hall–Kier alpha value is -4.93. The fourth-order valence-electron chi connectivity index (χ4n) is 4.84. The topological polar surface area (TPSA) is 104 Å². The second-order valence-corrected chi connectivity index (χ2v) is 11.6. The molecule has 0 radical (unpaired) electrons. The van der Waals surface area contributed by atoms with Gasteiger partial charge >= 0.3 is 5.97 Å². The Kier molecular flexibility index (Phi) is 8.33. The molecule has 0 saturated carbocycles. The summed E-state index contributed by atoms with van der Waals surface area (Å²) in [6, 6.07) is 27.5. The number of fused-ring (bicyclic) bond motifs is 1. The van der Waals surface area contributed by atoms with Gasteiger partial charge in [-0.25, -0.2) is 4.79 Å².